The Morgan fingerprint density at radius 2 is 2.00 bits per heavy atom. The smallest absolute Gasteiger partial charge is 0.248 e. The van der Waals surface area contributed by atoms with E-state index in [1.165, 1.54) is 6.07 Å². The van der Waals surface area contributed by atoms with Gasteiger partial charge < -0.3 is 4.98 Å². The summed E-state index contributed by atoms with van der Waals surface area (Å²) in [4.78, 5) is 21.5. The van der Waals surface area contributed by atoms with Gasteiger partial charge >= 0.3 is 0 Å². The number of aromatic amines is 1. The van der Waals surface area contributed by atoms with Crippen molar-refractivity contribution in [1.82, 2.24) is 15.0 Å². The van der Waals surface area contributed by atoms with Gasteiger partial charge in [-0.1, -0.05) is 0 Å². The van der Waals surface area contributed by atoms with Gasteiger partial charge in [0, 0.05) is 30.2 Å². The lowest BCUT2D eigenvalue weighted by Gasteiger charge is -1.95. The van der Waals surface area contributed by atoms with Gasteiger partial charge in [-0.2, -0.15) is 0 Å². The zero-order chi connectivity index (χ0) is 9.10. The van der Waals surface area contributed by atoms with Crippen molar-refractivity contribution < 1.29 is 0 Å². The van der Waals surface area contributed by atoms with E-state index < -0.39 is 0 Å². The lowest BCUT2D eigenvalue weighted by atomic mass is 10.2. The van der Waals surface area contributed by atoms with Gasteiger partial charge in [-0.25, -0.2) is 9.97 Å². The summed E-state index contributed by atoms with van der Waals surface area (Å²) in [7, 11) is 0. The Bertz CT molecular complexity index is 450. The summed E-state index contributed by atoms with van der Waals surface area (Å²) in [6.07, 6.45) is 4.86. The molecule has 4 nitrogen and oxygen atoms in total. The summed E-state index contributed by atoms with van der Waals surface area (Å²) in [5.74, 6) is 0.564. The van der Waals surface area contributed by atoms with Gasteiger partial charge in [0.25, 0.3) is 0 Å². The molecule has 0 saturated carbocycles. The van der Waals surface area contributed by atoms with E-state index in [9.17, 15) is 4.79 Å². The molecule has 0 aromatic carbocycles. The van der Waals surface area contributed by atoms with Crippen molar-refractivity contribution in [2.75, 3.05) is 0 Å². The van der Waals surface area contributed by atoms with Crippen molar-refractivity contribution in [3.63, 3.8) is 0 Å². The molecule has 13 heavy (non-hydrogen) atoms. The fourth-order valence-electron chi connectivity index (χ4n) is 1.03. The van der Waals surface area contributed by atoms with E-state index in [1.54, 1.807) is 30.7 Å². The van der Waals surface area contributed by atoms with Crippen LogP contribution >= 0.6 is 0 Å². The van der Waals surface area contributed by atoms with Crippen molar-refractivity contribution in [2.24, 2.45) is 0 Å². The second-order valence-corrected chi connectivity index (χ2v) is 2.51. The van der Waals surface area contributed by atoms with E-state index in [-0.39, 0.29) is 5.56 Å². The van der Waals surface area contributed by atoms with Crippen LogP contribution in [0.1, 0.15) is 0 Å². The lowest BCUT2D eigenvalue weighted by molar-refractivity contribution is 1.16. The molecule has 2 aromatic heterocycles. The topological polar surface area (TPSA) is 58.6 Å². The van der Waals surface area contributed by atoms with Crippen LogP contribution in [0.15, 0.2) is 41.6 Å². The van der Waals surface area contributed by atoms with Gasteiger partial charge in [0.2, 0.25) is 5.56 Å². The second-order valence-electron chi connectivity index (χ2n) is 2.51. The standard InChI is InChI=1S/C9H7N3O/c13-8-6-7(2-5-10-8)9-11-3-1-4-12-9/h1-6H,(H,10,13). The Morgan fingerprint density at radius 1 is 1.23 bits per heavy atom. The summed E-state index contributed by atoms with van der Waals surface area (Å²) in [5, 5.41) is 0. The Labute approximate surface area is 74.3 Å². The number of hydrogen-bond acceptors (Lipinski definition) is 3. The molecule has 64 valence electrons. The highest BCUT2D eigenvalue weighted by molar-refractivity contribution is 5.52. The average molecular weight is 173 g/mol. The first kappa shape index (κ1) is 7.67. The molecular formula is C9H7N3O. The Balaban J connectivity index is 2.54. The van der Waals surface area contributed by atoms with Crippen molar-refractivity contribution in [2.45, 2.75) is 0 Å². The summed E-state index contributed by atoms with van der Waals surface area (Å²) in [6.45, 7) is 0. The van der Waals surface area contributed by atoms with Crippen molar-refractivity contribution in [1.29, 1.82) is 0 Å². The van der Waals surface area contributed by atoms with Gasteiger partial charge in [-0.05, 0) is 12.1 Å². The average Bonchev–Trinajstić information content (AvgIpc) is 2.19. The zero-order valence-corrected chi connectivity index (χ0v) is 6.77. The molecule has 0 fully saturated rings. The van der Waals surface area contributed by atoms with E-state index >= 15 is 0 Å². The van der Waals surface area contributed by atoms with E-state index in [2.05, 4.69) is 15.0 Å². The number of pyridine rings is 1. The lowest BCUT2D eigenvalue weighted by Crippen LogP contribution is -2.02. The molecule has 0 saturated heterocycles. The molecule has 0 spiro atoms. The normalized spacial score (nSPS) is 9.85. The highest BCUT2D eigenvalue weighted by Crippen LogP contribution is 2.08. The molecule has 2 aromatic rings. The zero-order valence-electron chi connectivity index (χ0n) is 6.77. The van der Waals surface area contributed by atoms with Crippen molar-refractivity contribution in [3.05, 3.63) is 47.1 Å². The van der Waals surface area contributed by atoms with Gasteiger partial charge in [-0.15, -0.1) is 0 Å². The molecule has 2 rings (SSSR count). The third kappa shape index (κ3) is 1.61. The summed E-state index contributed by atoms with van der Waals surface area (Å²) < 4.78 is 0. The number of H-pyrrole nitrogens is 1. The number of nitrogens with zero attached hydrogens (tertiary/aromatic N) is 2. The quantitative estimate of drug-likeness (QED) is 0.694. The second kappa shape index (κ2) is 3.18. The minimum absolute atomic E-state index is 0.148. The van der Waals surface area contributed by atoms with Crippen LogP contribution in [0.25, 0.3) is 11.4 Å². The van der Waals surface area contributed by atoms with E-state index in [0.29, 0.717) is 5.82 Å². The molecule has 0 radical (unpaired) electrons. The number of hydrogen-bond donors (Lipinski definition) is 1. The van der Waals surface area contributed by atoms with Gasteiger partial charge in [-0.3, -0.25) is 4.79 Å². The Hall–Kier alpha value is -1.97. The molecule has 0 amide bonds. The molecule has 0 unspecified atom stereocenters. The minimum Gasteiger partial charge on any atom is -0.329 e. The fraction of sp³-hybridized carbons (Fsp3) is 0. The Morgan fingerprint density at radius 3 is 2.69 bits per heavy atom. The minimum atomic E-state index is -0.148. The highest BCUT2D eigenvalue weighted by atomic mass is 16.1. The van der Waals surface area contributed by atoms with Crippen LogP contribution in [0, 0.1) is 0 Å². The molecule has 0 bridgehead atoms. The van der Waals surface area contributed by atoms with Crippen LogP contribution in [0.2, 0.25) is 0 Å². The van der Waals surface area contributed by atoms with Crippen LogP contribution in [-0.4, -0.2) is 15.0 Å². The predicted octanol–water partition coefficient (Wildman–Crippen LogP) is 0.832. The molecule has 2 heterocycles. The summed E-state index contributed by atoms with van der Waals surface area (Å²) in [6, 6.07) is 4.96. The molecule has 4 heteroatoms. The first-order chi connectivity index (χ1) is 6.36. The third-order valence-corrected chi connectivity index (χ3v) is 1.60. The SMILES string of the molecule is O=c1cc(-c2ncccn2)cc[nH]1. The highest BCUT2D eigenvalue weighted by Gasteiger charge is 1.98. The monoisotopic (exact) mass is 173 g/mol. The fourth-order valence-corrected chi connectivity index (χ4v) is 1.03. The maximum Gasteiger partial charge on any atom is 0.248 e. The third-order valence-electron chi connectivity index (χ3n) is 1.60. The number of rotatable bonds is 1. The molecular weight excluding hydrogens is 166 g/mol. The van der Waals surface area contributed by atoms with Crippen LogP contribution in [0.5, 0.6) is 0 Å². The van der Waals surface area contributed by atoms with Gasteiger partial charge in [0.05, 0.1) is 0 Å². The maximum absolute atomic E-state index is 11.0. The van der Waals surface area contributed by atoms with Crippen LogP contribution in [0.3, 0.4) is 0 Å². The molecule has 0 atom stereocenters. The molecule has 0 aliphatic heterocycles. The van der Waals surface area contributed by atoms with Crippen LogP contribution in [0.4, 0.5) is 0 Å². The summed E-state index contributed by atoms with van der Waals surface area (Å²) >= 11 is 0. The largest absolute Gasteiger partial charge is 0.329 e. The van der Waals surface area contributed by atoms with Crippen LogP contribution < -0.4 is 5.56 Å². The first-order valence-corrected chi connectivity index (χ1v) is 3.82. The maximum atomic E-state index is 11.0. The predicted molar refractivity (Wildman–Crippen MR) is 48.1 cm³/mol. The summed E-state index contributed by atoms with van der Waals surface area (Å²) in [5.41, 5.74) is 0.578. The molecule has 1 N–H and O–H groups in total. The van der Waals surface area contributed by atoms with Crippen molar-refractivity contribution in [3.8, 4) is 11.4 Å². The molecule has 0 aliphatic rings. The van der Waals surface area contributed by atoms with Crippen LogP contribution in [-0.2, 0) is 0 Å². The number of nitrogens with one attached hydrogen (secondary N) is 1. The van der Waals surface area contributed by atoms with Crippen molar-refractivity contribution >= 4 is 0 Å². The Kier molecular flexibility index (Phi) is 1.88. The van der Waals surface area contributed by atoms with E-state index in [4.69, 9.17) is 0 Å². The van der Waals surface area contributed by atoms with E-state index in [1.807, 2.05) is 0 Å². The van der Waals surface area contributed by atoms with E-state index in [0.717, 1.165) is 5.56 Å². The van der Waals surface area contributed by atoms with Gasteiger partial charge in [0.1, 0.15) is 0 Å². The first-order valence-electron chi connectivity index (χ1n) is 3.82. The van der Waals surface area contributed by atoms with Gasteiger partial charge in [0.15, 0.2) is 5.82 Å². The molecule has 0 aliphatic carbocycles. The number of aromatic nitrogens is 3.